The van der Waals surface area contributed by atoms with Gasteiger partial charge in [0.05, 0.1) is 11.9 Å². The van der Waals surface area contributed by atoms with Gasteiger partial charge in [-0.2, -0.15) is 5.10 Å². The van der Waals surface area contributed by atoms with Crippen LogP contribution in [-0.2, 0) is 18.4 Å². The maximum Gasteiger partial charge on any atom is 0.227 e. The molecule has 2 rings (SSSR count). The van der Waals surface area contributed by atoms with Crippen molar-refractivity contribution in [1.82, 2.24) is 9.78 Å². The number of para-hydroxylation sites is 1. The summed E-state index contributed by atoms with van der Waals surface area (Å²) in [6, 6.07) is 7.86. The number of nitrogens with zero attached hydrogens (tertiary/aromatic N) is 2. The summed E-state index contributed by atoms with van der Waals surface area (Å²) in [5.74, 6) is -0.0296. The van der Waals surface area contributed by atoms with Crippen molar-refractivity contribution in [3.05, 3.63) is 42.2 Å². The Kier molecular flexibility index (Phi) is 4.46. The van der Waals surface area contributed by atoms with Gasteiger partial charge in [0.25, 0.3) is 0 Å². The second-order valence-electron chi connectivity index (χ2n) is 4.13. The molecule has 0 bridgehead atoms. The summed E-state index contributed by atoms with van der Waals surface area (Å²) in [4.78, 5) is 11.9. The number of aromatic nitrogens is 2. The molecule has 0 aliphatic carbocycles. The number of aryl methyl sites for hydroxylation is 1. The number of primary amides is 1. The van der Waals surface area contributed by atoms with Crippen LogP contribution in [0.3, 0.4) is 0 Å². The molecule has 100 valence electrons. The minimum atomic E-state index is -0.313. The molecule has 1 amide bonds. The highest BCUT2D eigenvalue weighted by Crippen LogP contribution is 2.26. The van der Waals surface area contributed by atoms with E-state index in [0.29, 0.717) is 6.54 Å². The van der Waals surface area contributed by atoms with Crippen LogP contribution in [0, 0.1) is 0 Å². The van der Waals surface area contributed by atoms with Crippen molar-refractivity contribution in [3.63, 3.8) is 0 Å². The van der Waals surface area contributed by atoms with Crippen LogP contribution in [0.1, 0.15) is 5.56 Å². The van der Waals surface area contributed by atoms with Crippen molar-refractivity contribution >= 4 is 23.4 Å². The fourth-order valence-corrected chi connectivity index (χ4v) is 2.42. The molecule has 5 nitrogen and oxygen atoms in total. The third kappa shape index (κ3) is 4.03. The first-order valence-corrected chi connectivity index (χ1v) is 6.85. The van der Waals surface area contributed by atoms with Gasteiger partial charge in [0, 0.05) is 35.9 Å². The zero-order valence-electron chi connectivity index (χ0n) is 10.7. The zero-order chi connectivity index (χ0) is 13.7. The topological polar surface area (TPSA) is 72.9 Å². The van der Waals surface area contributed by atoms with Crippen LogP contribution >= 0.6 is 11.8 Å². The van der Waals surface area contributed by atoms with Crippen LogP contribution < -0.4 is 11.1 Å². The number of carbonyl (C=O) groups excluding carboxylic acids is 1. The molecule has 0 aliphatic rings. The monoisotopic (exact) mass is 276 g/mol. The number of nitrogens with two attached hydrogens (primary N) is 1. The van der Waals surface area contributed by atoms with Gasteiger partial charge in [0.15, 0.2) is 0 Å². The number of rotatable bonds is 6. The standard InChI is InChI=1S/C13H16N4OS/c1-17-8-10(7-16-17)6-15-11-4-2-3-5-12(11)19-9-13(14)18/h2-5,7-8,15H,6,9H2,1H3,(H2,14,18). The summed E-state index contributed by atoms with van der Waals surface area (Å²) >= 11 is 1.44. The van der Waals surface area contributed by atoms with Gasteiger partial charge < -0.3 is 11.1 Å². The first-order chi connectivity index (χ1) is 9.15. The minimum Gasteiger partial charge on any atom is -0.380 e. The van der Waals surface area contributed by atoms with Crippen molar-refractivity contribution in [1.29, 1.82) is 0 Å². The Labute approximate surface area is 116 Å². The highest BCUT2D eigenvalue weighted by Gasteiger charge is 2.04. The van der Waals surface area contributed by atoms with Gasteiger partial charge in [-0.05, 0) is 12.1 Å². The Bertz CT molecular complexity index is 567. The lowest BCUT2D eigenvalue weighted by Gasteiger charge is -2.10. The summed E-state index contributed by atoms with van der Waals surface area (Å²) in [7, 11) is 1.89. The van der Waals surface area contributed by atoms with E-state index in [1.165, 1.54) is 11.8 Å². The Hall–Kier alpha value is -1.95. The number of hydrogen-bond donors (Lipinski definition) is 2. The van der Waals surface area contributed by atoms with E-state index in [0.717, 1.165) is 16.1 Å². The lowest BCUT2D eigenvalue weighted by molar-refractivity contribution is -0.115. The number of nitrogens with one attached hydrogen (secondary N) is 1. The van der Waals surface area contributed by atoms with Crippen LogP contribution in [0.4, 0.5) is 5.69 Å². The van der Waals surface area contributed by atoms with E-state index in [4.69, 9.17) is 5.73 Å². The number of hydrogen-bond acceptors (Lipinski definition) is 4. The number of anilines is 1. The van der Waals surface area contributed by atoms with Crippen molar-refractivity contribution in [3.8, 4) is 0 Å². The van der Waals surface area contributed by atoms with Crippen molar-refractivity contribution in [2.24, 2.45) is 12.8 Å². The number of carbonyl (C=O) groups is 1. The van der Waals surface area contributed by atoms with Gasteiger partial charge in [-0.1, -0.05) is 12.1 Å². The van der Waals surface area contributed by atoms with E-state index in [1.807, 2.05) is 43.7 Å². The van der Waals surface area contributed by atoms with Crippen LogP contribution in [0.15, 0.2) is 41.6 Å². The molecular weight excluding hydrogens is 260 g/mol. The molecule has 1 aromatic heterocycles. The average molecular weight is 276 g/mol. The van der Waals surface area contributed by atoms with Gasteiger partial charge in [0.2, 0.25) is 5.91 Å². The number of benzene rings is 1. The van der Waals surface area contributed by atoms with E-state index < -0.39 is 0 Å². The van der Waals surface area contributed by atoms with Crippen LogP contribution in [0.2, 0.25) is 0 Å². The normalized spacial score (nSPS) is 10.4. The maximum absolute atomic E-state index is 10.8. The van der Waals surface area contributed by atoms with Crippen molar-refractivity contribution in [2.75, 3.05) is 11.1 Å². The summed E-state index contributed by atoms with van der Waals surface area (Å²) in [6.45, 7) is 0.696. The fourth-order valence-electron chi connectivity index (χ4n) is 1.65. The molecule has 0 fully saturated rings. The lowest BCUT2D eigenvalue weighted by atomic mass is 10.3. The molecule has 2 aromatic rings. The molecule has 0 aliphatic heterocycles. The molecule has 0 saturated carbocycles. The molecule has 0 saturated heterocycles. The summed E-state index contributed by atoms with van der Waals surface area (Å²) in [5, 5.41) is 7.46. The molecule has 0 atom stereocenters. The Morgan fingerprint density at radius 2 is 2.26 bits per heavy atom. The highest BCUT2D eigenvalue weighted by atomic mass is 32.2. The first kappa shape index (κ1) is 13.5. The maximum atomic E-state index is 10.8. The second-order valence-corrected chi connectivity index (χ2v) is 5.14. The van der Waals surface area contributed by atoms with Gasteiger partial charge in [-0.25, -0.2) is 0 Å². The molecule has 0 unspecified atom stereocenters. The predicted molar refractivity (Wildman–Crippen MR) is 76.9 cm³/mol. The number of thioether (sulfide) groups is 1. The molecule has 0 spiro atoms. The molecule has 1 heterocycles. The quantitative estimate of drug-likeness (QED) is 0.786. The van der Waals surface area contributed by atoms with E-state index in [1.54, 1.807) is 4.68 Å². The smallest absolute Gasteiger partial charge is 0.227 e. The third-order valence-electron chi connectivity index (χ3n) is 2.50. The second kappa shape index (κ2) is 6.29. The van der Waals surface area contributed by atoms with E-state index >= 15 is 0 Å². The van der Waals surface area contributed by atoms with E-state index in [-0.39, 0.29) is 11.7 Å². The Balaban J connectivity index is 2.01. The number of amides is 1. The van der Waals surface area contributed by atoms with E-state index in [9.17, 15) is 4.79 Å². The first-order valence-electron chi connectivity index (χ1n) is 5.86. The predicted octanol–water partition coefficient (Wildman–Crippen LogP) is 1.61. The van der Waals surface area contributed by atoms with Crippen LogP contribution in [0.5, 0.6) is 0 Å². The summed E-state index contributed by atoms with van der Waals surface area (Å²) < 4.78 is 1.77. The molecule has 1 aromatic carbocycles. The van der Waals surface area contributed by atoms with Crippen molar-refractivity contribution in [2.45, 2.75) is 11.4 Å². The largest absolute Gasteiger partial charge is 0.380 e. The molecule has 6 heteroatoms. The van der Waals surface area contributed by atoms with Gasteiger partial charge >= 0.3 is 0 Å². The minimum absolute atomic E-state index is 0.283. The molecule has 0 radical (unpaired) electrons. The summed E-state index contributed by atoms with van der Waals surface area (Å²) in [5.41, 5.74) is 7.27. The fraction of sp³-hybridized carbons (Fsp3) is 0.231. The Morgan fingerprint density at radius 1 is 1.47 bits per heavy atom. The SMILES string of the molecule is Cn1cc(CNc2ccccc2SCC(N)=O)cn1. The highest BCUT2D eigenvalue weighted by molar-refractivity contribution is 8.00. The molecular formula is C13H16N4OS. The Morgan fingerprint density at radius 3 is 2.95 bits per heavy atom. The molecule has 19 heavy (non-hydrogen) atoms. The average Bonchev–Trinajstić information content (AvgIpc) is 2.80. The van der Waals surface area contributed by atoms with Crippen molar-refractivity contribution < 1.29 is 4.79 Å². The molecule has 3 N–H and O–H groups in total. The van der Waals surface area contributed by atoms with Gasteiger partial charge in [-0.15, -0.1) is 11.8 Å². The van der Waals surface area contributed by atoms with Gasteiger partial charge in [0.1, 0.15) is 0 Å². The van der Waals surface area contributed by atoms with Crippen LogP contribution in [-0.4, -0.2) is 21.4 Å². The zero-order valence-corrected chi connectivity index (χ0v) is 11.5. The van der Waals surface area contributed by atoms with Gasteiger partial charge in [-0.3, -0.25) is 9.48 Å². The lowest BCUT2D eigenvalue weighted by Crippen LogP contribution is -2.13. The summed E-state index contributed by atoms with van der Waals surface area (Å²) in [6.07, 6.45) is 3.79. The van der Waals surface area contributed by atoms with Crippen LogP contribution in [0.25, 0.3) is 0 Å². The van der Waals surface area contributed by atoms with E-state index in [2.05, 4.69) is 10.4 Å². The third-order valence-corrected chi connectivity index (χ3v) is 3.59.